The van der Waals surface area contributed by atoms with Crippen molar-refractivity contribution in [3.05, 3.63) is 11.6 Å². The van der Waals surface area contributed by atoms with Gasteiger partial charge in [-0.1, -0.05) is 6.08 Å². The van der Waals surface area contributed by atoms with Crippen LogP contribution in [0.5, 0.6) is 0 Å². The Labute approximate surface area is 106 Å². The Morgan fingerprint density at radius 3 is 2.33 bits per heavy atom. The fourth-order valence-corrected chi connectivity index (χ4v) is 6.94. The predicted octanol–water partition coefficient (Wildman–Crippen LogP) is 1.79. The SMILES string of the molecule is COCCC=C(CC12C3C4C5C3C1C5C42)C(=O)O. The van der Waals surface area contributed by atoms with Crippen molar-refractivity contribution in [1.29, 1.82) is 0 Å². The molecule has 0 spiro atoms. The van der Waals surface area contributed by atoms with Gasteiger partial charge in [0.15, 0.2) is 0 Å². The summed E-state index contributed by atoms with van der Waals surface area (Å²) in [6.07, 6.45) is 3.48. The first-order chi connectivity index (χ1) is 8.73. The molecule has 18 heavy (non-hydrogen) atoms. The molecule has 0 aromatic heterocycles. The lowest BCUT2D eigenvalue weighted by Crippen LogP contribution is -3.05. The molecule has 0 saturated heterocycles. The summed E-state index contributed by atoms with van der Waals surface area (Å²) in [4.78, 5) is 11.4. The van der Waals surface area contributed by atoms with Crippen LogP contribution in [0.2, 0.25) is 0 Å². The molecule has 6 fully saturated rings. The first-order valence-corrected chi connectivity index (χ1v) is 7.14. The van der Waals surface area contributed by atoms with Crippen molar-refractivity contribution >= 4 is 5.97 Å². The van der Waals surface area contributed by atoms with E-state index < -0.39 is 5.97 Å². The van der Waals surface area contributed by atoms with Crippen molar-refractivity contribution < 1.29 is 14.6 Å². The van der Waals surface area contributed by atoms with Gasteiger partial charge >= 0.3 is 5.97 Å². The van der Waals surface area contributed by atoms with E-state index >= 15 is 0 Å². The molecule has 0 unspecified atom stereocenters. The lowest BCUT2D eigenvalue weighted by molar-refractivity contribution is -0.614. The van der Waals surface area contributed by atoms with Crippen molar-refractivity contribution in [2.75, 3.05) is 13.7 Å². The first-order valence-electron chi connectivity index (χ1n) is 7.14. The highest BCUT2D eigenvalue weighted by atomic mass is 16.5. The second-order valence-electron chi connectivity index (χ2n) is 6.99. The van der Waals surface area contributed by atoms with Crippen molar-refractivity contribution in [1.82, 2.24) is 0 Å². The van der Waals surface area contributed by atoms with E-state index in [0.29, 0.717) is 17.6 Å². The van der Waals surface area contributed by atoms with E-state index in [1.165, 1.54) is 0 Å². The third-order valence-corrected chi connectivity index (χ3v) is 7.17. The van der Waals surface area contributed by atoms with Gasteiger partial charge in [-0.15, -0.1) is 0 Å². The molecule has 1 N–H and O–H groups in total. The molecule has 6 saturated carbocycles. The third kappa shape index (κ3) is 0.675. The highest BCUT2D eigenvalue weighted by Crippen LogP contribution is 3.06. The molecule has 3 heteroatoms. The minimum absolute atomic E-state index is 0.478. The van der Waals surface area contributed by atoms with Gasteiger partial charge in [0.2, 0.25) is 0 Å². The second kappa shape index (κ2) is 2.69. The van der Waals surface area contributed by atoms with Crippen LogP contribution >= 0.6 is 0 Å². The van der Waals surface area contributed by atoms with Crippen molar-refractivity contribution in [3.63, 3.8) is 0 Å². The largest absolute Gasteiger partial charge is 0.478 e. The number of ether oxygens (including phenoxy) is 1. The quantitative estimate of drug-likeness (QED) is 0.574. The number of hydrogen-bond acceptors (Lipinski definition) is 2. The minimum atomic E-state index is -0.709. The Hall–Kier alpha value is -0.830. The van der Waals surface area contributed by atoms with E-state index in [2.05, 4.69) is 0 Å². The first kappa shape index (κ1) is 10.0. The summed E-state index contributed by atoms with van der Waals surface area (Å²) >= 11 is 0. The lowest BCUT2D eigenvalue weighted by atomic mass is 8.96. The van der Waals surface area contributed by atoms with E-state index in [4.69, 9.17) is 4.74 Å². The number of hydrogen-bond donors (Lipinski definition) is 1. The number of carboxylic acids is 1. The molecule has 96 valence electrons. The fraction of sp³-hybridized carbons (Fsp3) is 0.800. The van der Waals surface area contributed by atoms with E-state index in [9.17, 15) is 9.90 Å². The Kier molecular flexibility index (Phi) is 1.50. The van der Waals surface area contributed by atoms with E-state index in [0.717, 1.165) is 54.3 Å². The molecule has 0 amide bonds. The molecule has 6 aliphatic rings. The normalized spacial score (nSPS) is 59.6. The summed E-state index contributed by atoms with van der Waals surface area (Å²) in [6, 6.07) is 0. The van der Waals surface area contributed by atoms with E-state index in [-0.39, 0.29) is 0 Å². The minimum Gasteiger partial charge on any atom is -0.478 e. The van der Waals surface area contributed by atoms with Crippen LogP contribution in [0.4, 0.5) is 0 Å². The van der Waals surface area contributed by atoms with Crippen molar-refractivity contribution in [3.8, 4) is 0 Å². The summed E-state index contributed by atoms with van der Waals surface area (Å²) in [5, 5.41) is 9.34. The van der Waals surface area contributed by atoms with Gasteiger partial charge in [0.1, 0.15) is 0 Å². The Bertz CT molecular complexity index is 441. The number of carboxylic acid groups (broad SMARTS) is 1. The predicted molar refractivity (Wildman–Crippen MR) is 63.7 cm³/mol. The van der Waals surface area contributed by atoms with E-state index in [1.807, 2.05) is 6.08 Å². The standard InChI is InChI=1S/C15H18O3/c1-18-4-2-3-6(14(16)17)5-15-11-8-7-9(11)13(15)10(7)12(8)15/h3,7-13H,2,4-5H2,1H3,(H,16,17). The second-order valence-corrected chi connectivity index (χ2v) is 6.99. The maximum absolute atomic E-state index is 11.4. The zero-order valence-electron chi connectivity index (χ0n) is 10.5. The maximum atomic E-state index is 11.4. The number of methoxy groups -OCH3 is 1. The molecule has 0 atom stereocenters. The molecule has 0 bridgehead atoms. The molecule has 0 aliphatic heterocycles. The monoisotopic (exact) mass is 246 g/mol. The Balaban J connectivity index is 1.34. The van der Waals surface area contributed by atoms with Gasteiger partial charge < -0.3 is 9.84 Å². The van der Waals surface area contributed by atoms with Crippen LogP contribution < -0.4 is 0 Å². The zero-order chi connectivity index (χ0) is 12.2. The molecule has 0 aromatic carbocycles. The van der Waals surface area contributed by atoms with Gasteiger partial charge in [0, 0.05) is 19.3 Å². The summed E-state index contributed by atoms with van der Waals surface area (Å²) in [5.74, 6) is 6.34. The van der Waals surface area contributed by atoms with Crippen molar-refractivity contribution in [2.24, 2.45) is 46.8 Å². The Morgan fingerprint density at radius 2 is 1.83 bits per heavy atom. The molecule has 0 aromatic rings. The van der Waals surface area contributed by atoms with Crippen LogP contribution in [-0.4, -0.2) is 24.8 Å². The number of aliphatic carboxylic acids is 1. The summed E-state index contributed by atoms with van der Waals surface area (Å²) < 4.78 is 5.00. The third-order valence-electron chi connectivity index (χ3n) is 7.17. The Morgan fingerprint density at radius 1 is 1.22 bits per heavy atom. The highest BCUT2D eigenvalue weighted by molar-refractivity contribution is 5.87. The highest BCUT2D eigenvalue weighted by Gasteiger charge is 3.03. The lowest BCUT2D eigenvalue weighted by Gasteiger charge is -3.08. The van der Waals surface area contributed by atoms with Gasteiger partial charge in [0.25, 0.3) is 0 Å². The van der Waals surface area contributed by atoms with Crippen molar-refractivity contribution in [2.45, 2.75) is 12.8 Å². The van der Waals surface area contributed by atoms with Gasteiger partial charge in [-0.2, -0.15) is 0 Å². The molecular weight excluding hydrogens is 228 g/mol. The molecule has 6 aliphatic carbocycles. The zero-order valence-corrected chi connectivity index (χ0v) is 10.5. The molecule has 0 heterocycles. The maximum Gasteiger partial charge on any atom is 0.331 e. The van der Waals surface area contributed by atoms with Gasteiger partial charge in [-0.05, 0) is 59.7 Å². The molecule has 3 nitrogen and oxygen atoms in total. The van der Waals surface area contributed by atoms with Crippen LogP contribution in [-0.2, 0) is 9.53 Å². The van der Waals surface area contributed by atoms with Gasteiger partial charge in [-0.25, -0.2) is 4.79 Å². The molecular formula is C15H18O3. The molecule has 6 rings (SSSR count). The van der Waals surface area contributed by atoms with Gasteiger partial charge in [-0.3, -0.25) is 0 Å². The molecule has 0 radical (unpaired) electrons. The summed E-state index contributed by atoms with van der Waals surface area (Å²) in [7, 11) is 1.66. The van der Waals surface area contributed by atoms with Crippen LogP contribution in [0.1, 0.15) is 12.8 Å². The van der Waals surface area contributed by atoms with Crippen LogP contribution in [0.15, 0.2) is 11.6 Å². The fourth-order valence-electron chi connectivity index (χ4n) is 6.94. The van der Waals surface area contributed by atoms with Crippen LogP contribution in [0.25, 0.3) is 0 Å². The average Bonchev–Trinajstić information content (AvgIpc) is 2.38. The average molecular weight is 246 g/mol. The topological polar surface area (TPSA) is 46.5 Å². The van der Waals surface area contributed by atoms with Gasteiger partial charge in [0.05, 0.1) is 0 Å². The van der Waals surface area contributed by atoms with E-state index in [1.54, 1.807) is 7.11 Å². The van der Waals surface area contributed by atoms with Crippen LogP contribution in [0, 0.1) is 46.8 Å². The smallest absolute Gasteiger partial charge is 0.331 e. The van der Waals surface area contributed by atoms with Crippen LogP contribution in [0.3, 0.4) is 0 Å². The number of rotatable bonds is 6. The summed E-state index contributed by atoms with van der Waals surface area (Å²) in [6.45, 7) is 0.621. The number of carbonyl (C=O) groups is 1. The summed E-state index contributed by atoms with van der Waals surface area (Å²) in [5.41, 5.74) is 1.13.